The van der Waals surface area contributed by atoms with Crippen LogP contribution in [0.5, 0.6) is 0 Å². The van der Waals surface area contributed by atoms with E-state index in [4.69, 9.17) is 10.00 Å². The monoisotopic (exact) mass is 211 g/mol. The van der Waals surface area contributed by atoms with Crippen LogP contribution >= 0.6 is 0 Å². The molecule has 0 amide bonds. The Hall–Kier alpha value is -1.08. The van der Waals surface area contributed by atoms with Crippen LogP contribution in [0, 0.1) is 17.2 Å². The van der Waals surface area contributed by atoms with Gasteiger partial charge >= 0.3 is 5.97 Å². The molecule has 1 fully saturated rings. The van der Waals surface area contributed by atoms with Gasteiger partial charge in [-0.3, -0.25) is 4.79 Å². The van der Waals surface area contributed by atoms with Crippen molar-refractivity contribution in [1.29, 1.82) is 5.26 Å². The molecule has 0 bridgehead atoms. The third-order valence-corrected chi connectivity index (χ3v) is 2.72. The second-order valence-corrected chi connectivity index (χ2v) is 4.43. The maximum absolute atomic E-state index is 11.3. The van der Waals surface area contributed by atoms with E-state index in [9.17, 15) is 9.90 Å². The van der Waals surface area contributed by atoms with Crippen molar-refractivity contribution in [3.05, 3.63) is 0 Å². The summed E-state index contributed by atoms with van der Waals surface area (Å²) in [5, 5.41) is 18.3. The fourth-order valence-electron chi connectivity index (χ4n) is 1.60. The molecule has 0 radical (unpaired) electrons. The van der Waals surface area contributed by atoms with Crippen molar-refractivity contribution >= 4 is 5.97 Å². The van der Waals surface area contributed by atoms with Crippen molar-refractivity contribution < 1.29 is 14.6 Å². The van der Waals surface area contributed by atoms with E-state index in [1.165, 1.54) is 0 Å². The third-order valence-electron chi connectivity index (χ3n) is 2.72. The molecule has 15 heavy (non-hydrogen) atoms. The van der Waals surface area contributed by atoms with Crippen LogP contribution in [0.25, 0.3) is 0 Å². The number of hydrogen-bond acceptors (Lipinski definition) is 4. The van der Waals surface area contributed by atoms with Gasteiger partial charge in [0.25, 0.3) is 0 Å². The molecule has 0 spiro atoms. The number of aliphatic hydroxyl groups is 1. The second kappa shape index (κ2) is 4.63. The molecule has 0 aromatic heterocycles. The summed E-state index contributed by atoms with van der Waals surface area (Å²) in [4.78, 5) is 11.3. The molecular weight excluding hydrogens is 194 g/mol. The van der Waals surface area contributed by atoms with Crippen LogP contribution in [-0.2, 0) is 9.53 Å². The topological polar surface area (TPSA) is 70.3 Å². The summed E-state index contributed by atoms with van der Waals surface area (Å²) >= 11 is 0. The first-order valence-corrected chi connectivity index (χ1v) is 5.31. The van der Waals surface area contributed by atoms with Gasteiger partial charge in [0, 0.05) is 0 Å². The molecule has 1 N–H and O–H groups in total. The van der Waals surface area contributed by atoms with Gasteiger partial charge in [0.15, 0.2) is 5.60 Å². The zero-order valence-corrected chi connectivity index (χ0v) is 9.19. The van der Waals surface area contributed by atoms with Crippen LogP contribution in [0.1, 0.15) is 39.5 Å². The van der Waals surface area contributed by atoms with E-state index in [0.717, 1.165) is 0 Å². The lowest BCUT2D eigenvalue weighted by molar-refractivity contribution is -0.156. The Morgan fingerprint density at radius 1 is 1.53 bits per heavy atom. The predicted octanol–water partition coefficient (Wildman–Crippen LogP) is 1.38. The summed E-state index contributed by atoms with van der Waals surface area (Å²) in [6.07, 6.45) is 1.79. The molecule has 1 rings (SSSR count). The van der Waals surface area contributed by atoms with Crippen LogP contribution in [0.15, 0.2) is 0 Å². The fraction of sp³-hybridized carbons (Fsp3) is 0.818. The van der Waals surface area contributed by atoms with Crippen LogP contribution in [0.2, 0.25) is 0 Å². The minimum atomic E-state index is -1.21. The first-order valence-electron chi connectivity index (χ1n) is 5.31. The van der Waals surface area contributed by atoms with Gasteiger partial charge in [0.05, 0.1) is 12.0 Å². The molecule has 0 unspecified atom stereocenters. The molecule has 0 saturated heterocycles. The minimum Gasteiger partial charge on any atom is -0.462 e. The van der Waals surface area contributed by atoms with Gasteiger partial charge in [-0.2, -0.15) is 5.26 Å². The number of esters is 1. The van der Waals surface area contributed by atoms with E-state index in [0.29, 0.717) is 25.7 Å². The van der Waals surface area contributed by atoms with Crippen molar-refractivity contribution in [3.63, 3.8) is 0 Å². The molecule has 84 valence electrons. The molecule has 0 heterocycles. The molecule has 0 atom stereocenters. The highest BCUT2D eigenvalue weighted by Crippen LogP contribution is 2.29. The number of carbonyl (C=O) groups excluding carboxylic acids is 1. The fourth-order valence-corrected chi connectivity index (χ4v) is 1.60. The van der Waals surface area contributed by atoms with Crippen molar-refractivity contribution in [2.45, 2.75) is 51.2 Å². The molecule has 1 aliphatic rings. The Morgan fingerprint density at radius 3 is 2.47 bits per heavy atom. The highest BCUT2D eigenvalue weighted by molar-refractivity contribution is 5.71. The maximum Gasteiger partial charge on any atom is 0.308 e. The number of hydrogen-bond donors (Lipinski definition) is 1. The predicted molar refractivity (Wildman–Crippen MR) is 53.7 cm³/mol. The van der Waals surface area contributed by atoms with E-state index >= 15 is 0 Å². The summed E-state index contributed by atoms with van der Waals surface area (Å²) in [5.41, 5.74) is -1.21. The zero-order valence-electron chi connectivity index (χ0n) is 9.19. The Morgan fingerprint density at radius 2 is 2.07 bits per heavy atom. The quantitative estimate of drug-likeness (QED) is 0.553. The molecule has 0 aromatic rings. The van der Waals surface area contributed by atoms with Crippen molar-refractivity contribution in [2.75, 3.05) is 0 Å². The lowest BCUT2D eigenvalue weighted by Crippen LogP contribution is -2.36. The third kappa shape index (κ3) is 3.21. The Bertz CT molecular complexity index is 272. The minimum absolute atomic E-state index is 0.123. The SMILES string of the molecule is CC(C)C(=O)OC1CCC(O)(C#N)CC1. The lowest BCUT2D eigenvalue weighted by Gasteiger charge is -2.30. The van der Waals surface area contributed by atoms with Gasteiger partial charge in [0.1, 0.15) is 6.10 Å². The highest BCUT2D eigenvalue weighted by Gasteiger charge is 2.34. The van der Waals surface area contributed by atoms with Crippen LogP contribution in [-0.4, -0.2) is 22.8 Å². The summed E-state index contributed by atoms with van der Waals surface area (Å²) in [7, 11) is 0. The molecule has 0 aliphatic heterocycles. The van der Waals surface area contributed by atoms with Crippen molar-refractivity contribution in [1.82, 2.24) is 0 Å². The average Bonchev–Trinajstić information content (AvgIpc) is 2.21. The van der Waals surface area contributed by atoms with Gasteiger partial charge in [-0.25, -0.2) is 0 Å². The van der Waals surface area contributed by atoms with E-state index < -0.39 is 5.60 Å². The maximum atomic E-state index is 11.3. The Kier molecular flexibility index (Phi) is 3.70. The number of ether oxygens (including phenoxy) is 1. The normalized spacial score (nSPS) is 31.0. The number of nitrogens with zero attached hydrogens (tertiary/aromatic N) is 1. The van der Waals surface area contributed by atoms with E-state index in [2.05, 4.69) is 0 Å². The largest absolute Gasteiger partial charge is 0.462 e. The molecule has 0 aromatic carbocycles. The molecule has 4 nitrogen and oxygen atoms in total. The van der Waals surface area contributed by atoms with Gasteiger partial charge < -0.3 is 9.84 Å². The van der Waals surface area contributed by atoms with Crippen LogP contribution in [0.3, 0.4) is 0 Å². The first kappa shape index (κ1) is 12.0. The van der Waals surface area contributed by atoms with E-state index in [-0.39, 0.29) is 18.0 Å². The van der Waals surface area contributed by atoms with E-state index in [1.807, 2.05) is 6.07 Å². The summed E-state index contributed by atoms with van der Waals surface area (Å²) in [5.74, 6) is -0.329. The second-order valence-electron chi connectivity index (χ2n) is 4.43. The molecule has 1 saturated carbocycles. The smallest absolute Gasteiger partial charge is 0.308 e. The number of rotatable bonds is 2. The molecule has 4 heteroatoms. The number of nitriles is 1. The Labute approximate surface area is 89.8 Å². The summed E-state index contributed by atoms with van der Waals surface area (Å²) in [6, 6.07) is 1.89. The standard InChI is InChI=1S/C11H17NO3/c1-8(2)10(13)15-9-3-5-11(14,7-12)6-4-9/h8-9,14H,3-6H2,1-2H3. The van der Waals surface area contributed by atoms with Crippen LogP contribution in [0.4, 0.5) is 0 Å². The molecule has 1 aliphatic carbocycles. The van der Waals surface area contributed by atoms with E-state index in [1.54, 1.807) is 13.8 Å². The number of carbonyl (C=O) groups is 1. The van der Waals surface area contributed by atoms with Crippen molar-refractivity contribution in [2.24, 2.45) is 5.92 Å². The van der Waals surface area contributed by atoms with Gasteiger partial charge in [0.2, 0.25) is 0 Å². The summed E-state index contributed by atoms with van der Waals surface area (Å²) in [6.45, 7) is 3.58. The average molecular weight is 211 g/mol. The highest BCUT2D eigenvalue weighted by atomic mass is 16.5. The Balaban J connectivity index is 2.39. The molecular formula is C11H17NO3. The van der Waals surface area contributed by atoms with Gasteiger partial charge in [-0.05, 0) is 25.7 Å². The van der Waals surface area contributed by atoms with Crippen LogP contribution < -0.4 is 0 Å². The lowest BCUT2D eigenvalue weighted by atomic mass is 9.84. The zero-order chi connectivity index (χ0) is 11.5. The van der Waals surface area contributed by atoms with Crippen molar-refractivity contribution in [3.8, 4) is 6.07 Å². The van der Waals surface area contributed by atoms with Gasteiger partial charge in [-0.15, -0.1) is 0 Å². The summed E-state index contributed by atoms with van der Waals surface area (Å²) < 4.78 is 5.23. The first-order chi connectivity index (χ1) is 6.97. The van der Waals surface area contributed by atoms with Gasteiger partial charge in [-0.1, -0.05) is 13.8 Å².